The number of aromatic nitrogens is 2. The van der Waals surface area contributed by atoms with Crippen molar-refractivity contribution < 1.29 is 14.3 Å². The van der Waals surface area contributed by atoms with Crippen LogP contribution in [0.1, 0.15) is 19.4 Å². The van der Waals surface area contributed by atoms with Gasteiger partial charge in [0.2, 0.25) is 5.95 Å². The molecule has 2 aromatic rings. The lowest BCUT2D eigenvalue weighted by Gasteiger charge is -2.14. The monoisotopic (exact) mass is 391 g/mol. The first-order valence-corrected chi connectivity index (χ1v) is 7.64. The normalized spacial score (nSPS) is 10.1. The maximum absolute atomic E-state index is 11.3. The van der Waals surface area contributed by atoms with Crippen molar-refractivity contribution in [1.29, 1.82) is 5.26 Å². The third kappa shape index (κ3) is 3.55. The van der Waals surface area contributed by atoms with Crippen LogP contribution in [0.15, 0.2) is 16.6 Å². The molecule has 0 aliphatic rings. The highest BCUT2D eigenvalue weighted by atomic mass is 79.9. The van der Waals surface area contributed by atoms with Crippen molar-refractivity contribution in [2.75, 3.05) is 18.1 Å². The van der Waals surface area contributed by atoms with Gasteiger partial charge in [0.05, 0.1) is 16.8 Å². The Morgan fingerprint density at radius 3 is 2.67 bits per heavy atom. The number of rotatable bonds is 4. The van der Waals surface area contributed by atoms with Crippen molar-refractivity contribution in [2.24, 2.45) is 0 Å². The molecule has 8 nitrogen and oxygen atoms in total. The summed E-state index contributed by atoms with van der Waals surface area (Å²) in [5.74, 6) is -0.00578. The number of anilines is 2. The molecule has 0 radical (unpaired) electrons. The van der Waals surface area contributed by atoms with Crippen molar-refractivity contribution >= 4 is 33.7 Å². The maximum Gasteiger partial charge on any atom is 0.308 e. The van der Waals surface area contributed by atoms with Crippen molar-refractivity contribution in [3.8, 4) is 28.8 Å². The number of benzene rings is 1. The minimum atomic E-state index is -0.488. The average Bonchev–Trinajstić information content (AvgIpc) is 2.49. The van der Waals surface area contributed by atoms with Crippen molar-refractivity contribution in [2.45, 2.75) is 13.8 Å². The zero-order chi connectivity index (χ0) is 17.9. The summed E-state index contributed by atoms with van der Waals surface area (Å²) in [4.78, 5) is 19.1. The van der Waals surface area contributed by atoms with Crippen molar-refractivity contribution in [3.05, 3.63) is 22.2 Å². The van der Waals surface area contributed by atoms with Gasteiger partial charge in [-0.05, 0) is 35.0 Å². The Labute approximate surface area is 146 Å². The minimum absolute atomic E-state index is 0.0156. The minimum Gasteiger partial charge on any atom is -0.490 e. The molecule has 0 spiro atoms. The SMILES string of the molecule is CCOc1cc(-c2nc(N)nc(N)c2C#N)cc(Br)c1OC(C)=O. The van der Waals surface area contributed by atoms with Gasteiger partial charge in [0, 0.05) is 12.5 Å². The fourth-order valence-corrected chi connectivity index (χ4v) is 2.55. The maximum atomic E-state index is 11.3. The van der Waals surface area contributed by atoms with E-state index in [1.165, 1.54) is 6.92 Å². The first-order valence-electron chi connectivity index (χ1n) is 6.85. The lowest BCUT2D eigenvalue weighted by molar-refractivity contribution is -0.132. The third-order valence-corrected chi connectivity index (χ3v) is 3.48. The summed E-state index contributed by atoms with van der Waals surface area (Å²) in [6.07, 6.45) is 0. The molecule has 0 fully saturated rings. The Kier molecular flexibility index (Phi) is 5.21. The number of carbonyl (C=O) groups is 1. The number of hydrogen-bond donors (Lipinski definition) is 2. The van der Waals surface area contributed by atoms with Crippen LogP contribution in [-0.2, 0) is 4.79 Å². The second-order valence-corrected chi connectivity index (χ2v) is 5.47. The Hall–Kier alpha value is -2.86. The quantitative estimate of drug-likeness (QED) is 0.597. The van der Waals surface area contributed by atoms with Crippen molar-refractivity contribution in [3.63, 3.8) is 0 Å². The number of nitrogens with zero attached hydrogens (tertiary/aromatic N) is 3. The molecule has 9 heteroatoms. The zero-order valence-electron chi connectivity index (χ0n) is 13.0. The summed E-state index contributed by atoms with van der Waals surface area (Å²) in [5, 5.41) is 9.30. The van der Waals surface area contributed by atoms with E-state index in [9.17, 15) is 10.1 Å². The van der Waals surface area contributed by atoms with Crippen LogP contribution < -0.4 is 20.9 Å². The Bertz CT molecular complexity index is 848. The van der Waals surface area contributed by atoms with Crippen molar-refractivity contribution in [1.82, 2.24) is 9.97 Å². The van der Waals surface area contributed by atoms with E-state index in [4.69, 9.17) is 20.9 Å². The van der Waals surface area contributed by atoms with Crippen LogP contribution in [-0.4, -0.2) is 22.5 Å². The fourth-order valence-electron chi connectivity index (χ4n) is 2.03. The summed E-state index contributed by atoms with van der Waals surface area (Å²) in [5.41, 5.74) is 12.2. The Morgan fingerprint density at radius 2 is 2.08 bits per heavy atom. The molecule has 24 heavy (non-hydrogen) atoms. The van der Waals surface area contributed by atoms with E-state index >= 15 is 0 Å². The van der Waals surface area contributed by atoms with E-state index in [2.05, 4.69) is 25.9 Å². The van der Waals surface area contributed by atoms with Gasteiger partial charge < -0.3 is 20.9 Å². The number of nitrogen functional groups attached to an aromatic ring is 2. The highest BCUT2D eigenvalue weighted by Crippen LogP contribution is 2.40. The fraction of sp³-hybridized carbons (Fsp3) is 0.200. The molecule has 0 saturated heterocycles. The molecule has 124 valence electrons. The Balaban J connectivity index is 2.69. The summed E-state index contributed by atoms with van der Waals surface area (Å²) in [6, 6.07) is 5.18. The summed E-state index contributed by atoms with van der Waals surface area (Å²) < 4.78 is 11.1. The predicted octanol–water partition coefficient (Wildman–Crippen LogP) is 2.27. The molecule has 1 heterocycles. The van der Waals surface area contributed by atoms with Gasteiger partial charge in [0.1, 0.15) is 17.5 Å². The second-order valence-electron chi connectivity index (χ2n) is 4.61. The predicted molar refractivity (Wildman–Crippen MR) is 91.2 cm³/mol. The molecule has 1 aromatic heterocycles. The zero-order valence-corrected chi connectivity index (χ0v) is 14.5. The third-order valence-electron chi connectivity index (χ3n) is 2.89. The highest BCUT2D eigenvalue weighted by molar-refractivity contribution is 9.10. The van der Waals surface area contributed by atoms with E-state index in [-0.39, 0.29) is 28.8 Å². The number of carbonyl (C=O) groups excluding carboxylic acids is 1. The lowest BCUT2D eigenvalue weighted by Crippen LogP contribution is -2.07. The van der Waals surface area contributed by atoms with Crippen LogP contribution in [0.2, 0.25) is 0 Å². The van der Waals surface area contributed by atoms with E-state index in [0.717, 1.165) is 0 Å². The summed E-state index contributed by atoms with van der Waals surface area (Å²) >= 11 is 3.33. The molecular weight excluding hydrogens is 378 g/mol. The van der Waals surface area contributed by atoms with Gasteiger partial charge in [-0.3, -0.25) is 4.79 Å². The number of esters is 1. The van der Waals surface area contributed by atoms with Gasteiger partial charge in [-0.15, -0.1) is 0 Å². The Morgan fingerprint density at radius 1 is 1.38 bits per heavy atom. The molecule has 0 saturated carbocycles. The standard InChI is InChI=1S/C15H14BrN5O3/c1-3-23-11-5-8(4-10(16)13(11)24-7(2)22)12-9(6-17)14(18)21-15(19)20-12/h4-5H,3H2,1-2H3,(H4,18,19,20,21). The molecule has 0 unspecified atom stereocenters. The van der Waals surface area contributed by atoms with E-state index < -0.39 is 5.97 Å². The first kappa shape index (κ1) is 17.5. The van der Waals surface area contributed by atoms with Gasteiger partial charge in [0.25, 0.3) is 0 Å². The second kappa shape index (κ2) is 7.14. The van der Waals surface area contributed by atoms with E-state index in [1.54, 1.807) is 19.1 Å². The van der Waals surface area contributed by atoms with Gasteiger partial charge in [-0.25, -0.2) is 4.98 Å². The van der Waals surface area contributed by atoms with Crippen LogP contribution in [0, 0.1) is 11.3 Å². The smallest absolute Gasteiger partial charge is 0.308 e. The van der Waals surface area contributed by atoms with Gasteiger partial charge in [-0.1, -0.05) is 0 Å². The van der Waals surface area contributed by atoms with Crippen LogP contribution in [0.25, 0.3) is 11.3 Å². The molecule has 0 amide bonds. The molecule has 0 aliphatic heterocycles. The summed E-state index contributed by atoms with van der Waals surface area (Å²) in [6.45, 7) is 3.43. The van der Waals surface area contributed by atoms with E-state index in [0.29, 0.717) is 22.4 Å². The molecular formula is C15H14BrN5O3. The van der Waals surface area contributed by atoms with Gasteiger partial charge in [-0.2, -0.15) is 10.2 Å². The number of nitrogens with two attached hydrogens (primary N) is 2. The molecule has 2 rings (SSSR count). The van der Waals surface area contributed by atoms with Crippen LogP contribution in [0.3, 0.4) is 0 Å². The van der Waals surface area contributed by atoms with Crippen LogP contribution >= 0.6 is 15.9 Å². The average molecular weight is 392 g/mol. The topological polar surface area (TPSA) is 137 Å². The first-order chi connectivity index (χ1) is 11.4. The molecule has 4 N–H and O–H groups in total. The van der Waals surface area contributed by atoms with Gasteiger partial charge >= 0.3 is 5.97 Å². The molecule has 0 bridgehead atoms. The molecule has 0 aliphatic carbocycles. The van der Waals surface area contributed by atoms with E-state index in [1.807, 2.05) is 6.07 Å². The molecule has 1 aromatic carbocycles. The van der Waals surface area contributed by atoms with Gasteiger partial charge in [0.15, 0.2) is 11.5 Å². The number of hydrogen-bond acceptors (Lipinski definition) is 8. The number of ether oxygens (including phenoxy) is 2. The number of halogens is 1. The van der Waals surface area contributed by atoms with Crippen LogP contribution in [0.5, 0.6) is 11.5 Å². The highest BCUT2D eigenvalue weighted by Gasteiger charge is 2.19. The molecule has 0 atom stereocenters. The van der Waals surface area contributed by atoms with Crippen LogP contribution in [0.4, 0.5) is 11.8 Å². The lowest BCUT2D eigenvalue weighted by atomic mass is 10.1. The largest absolute Gasteiger partial charge is 0.490 e. The number of nitriles is 1. The summed E-state index contributed by atoms with van der Waals surface area (Å²) in [7, 11) is 0.